The van der Waals surface area contributed by atoms with Gasteiger partial charge in [0.15, 0.2) is 0 Å². The summed E-state index contributed by atoms with van der Waals surface area (Å²) in [6.07, 6.45) is 0. The average Bonchev–Trinajstić information content (AvgIpc) is 2.71. The van der Waals surface area contributed by atoms with E-state index < -0.39 is 5.97 Å². The second-order valence-corrected chi connectivity index (χ2v) is 5.35. The maximum Gasteiger partial charge on any atom is 0.308 e. The van der Waals surface area contributed by atoms with E-state index in [9.17, 15) is 4.79 Å². The van der Waals surface area contributed by atoms with Gasteiger partial charge in [-0.1, -0.05) is 19.1 Å². The lowest BCUT2D eigenvalue weighted by Crippen LogP contribution is -2.27. The van der Waals surface area contributed by atoms with Crippen LogP contribution >= 0.6 is 0 Å². The van der Waals surface area contributed by atoms with E-state index in [1.807, 2.05) is 38.1 Å². The van der Waals surface area contributed by atoms with Crippen molar-refractivity contribution in [2.75, 3.05) is 26.2 Å². The third-order valence-electron chi connectivity index (χ3n) is 3.67. The molecule has 0 aliphatic carbocycles. The van der Waals surface area contributed by atoms with Crippen molar-refractivity contribution in [3.8, 4) is 5.75 Å². The van der Waals surface area contributed by atoms with Gasteiger partial charge in [0.05, 0.1) is 5.92 Å². The van der Waals surface area contributed by atoms with Crippen LogP contribution < -0.4 is 4.74 Å². The van der Waals surface area contributed by atoms with Crippen LogP contribution in [0.4, 0.5) is 0 Å². The van der Waals surface area contributed by atoms with E-state index in [4.69, 9.17) is 9.84 Å². The lowest BCUT2D eigenvalue weighted by Gasteiger charge is -2.15. The van der Waals surface area contributed by atoms with Crippen LogP contribution in [0.5, 0.6) is 5.75 Å². The predicted octanol–water partition coefficient (Wildman–Crippen LogP) is 2.03. The molecule has 104 valence electrons. The Hall–Kier alpha value is -1.55. The highest BCUT2D eigenvalue weighted by Gasteiger charge is 2.34. The summed E-state index contributed by atoms with van der Waals surface area (Å²) in [5.74, 6) is 0.173. The summed E-state index contributed by atoms with van der Waals surface area (Å²) in [5, 5.41) is 9.08. The van der Waals surface area contributed by atoms with Crippen LogP contribution in [0.25, 0.3) is 0 Å². The Morgan fingerprint density at radius 3 is 2.89 bits per heavy atom. The van der Waals surface area contributed by atoms with Gasteiger partial charge < -0.3 is 9.84 Å². The molecule has 2 rings (SSSR count). The summed E-state index contributed by atoms with van der Waals surface area (Å²) >= 11 is 0. The van der Waals surface area contributed by atoms with E-state index in [1.54, 1.807) is 0 Å². The number of hydrogen-bond acceptors (Lipinski definition) is 3. The zero-order valence-corrected chi connectivity index (χ0v) is 11.5. The number of likely N-dealkylation sites (tertiary alicyclic amines) is 1. The number of aliphatic carboxylic acids is 1. The topological polar surface area (TPSA) is 49.8 Å². The Bertz CT molecular complexity index is 447. The molecule has 1 aliphatic rings. The van der Waals surface area contributed by atoms with Crippen molar-refractivity contribution < 1.29 is 14.6 Å². The normalized spacial score (nSPS) is 23.5. The Balaban J connectivity index is 1.76. The van der Waals surface area contributed by atoms with Gasteiger partial charge in [-0.15, -0.1) is 0 Å². The van der Waals surface area contributed by atoms with Crippen LogP contribution in [-0.2, 0) is 4.79 Å². The molecule has 4 heteroatoms. The van der Waals surface area contributed by atoms with Crippen LogP contribution in [0, 0.1) is 18.8 Å². The summed E-state index contributed by atoms with van der Waals surface area (Å²) in [4.78, 5) is 13.2. The van der Waals surface area contributed by atoms with E-state index in [0.717, 1.165) is 18.8 Å². The standard InChI is InChI=1S/C15H21NO3/c1-11-4-3-5-13(8-11)19-7-6-16-9-12(2)14(10-16)15(17)18/h3-5,8,12,14H,6-7,9-10H2,1-2H3,(H,17,18)/t12-,14-/m1/s1. The van der Waals surface area contributed by atoms with Crippen LogP contribution in [0.1, 0.15) is 12.5 Å². The van der Waals surface area contributed by atoms with Crippen molar-refractivity contribution >= 4 is 5.97 Å². The largest absolute Gasteiger partial charge is 0.492 e. The van der Waals surface area contributed by atoms with Gasteiger partial charge in [0.25, 0.3) is 0 Å². The van der Waals surface area contributed by atoms with Crippen molar-refractivity contribution in [3.63, 3.8) is 0 Å². The van der Waals surface area contributed by atoms with E-state index >= 15 is 0 Å². The molecule has 1 aliphatic heterocycles. The molecular weight excluding hydrogens is 242 g/mol. The molecule has 1 N–H and O–H groups in total. The first-order chi connectivity index (χ1) is 9.06. The van der Waals surface area contributed by atoms with Gasteiger partial charge in [-0.05, 0) is 30.5 Å². The highest BCUT2D eigenvalue weighted by Crippen LogP contribution is 2.22. The number of nitrogens with zero attached hydrogens (tertiary/aromatic N) is 1. The molecule has 0 aromatic heterocycles. The minimum absolute atomic E-state index is 0.219. The van der Waals surface area contributed by atoms with Crippen LogP contribution in [0.15, 0.2) is 24.3 Å². The minimum Gasteiger partial charge on any atom is -0.492 e. The number of aryl methyl sites for hydroxylation is 1. The van der Waals surface area contributed by atoms with E-state index in [0.29, 0.717) is 13.2 Å². The first kappa shape index (κ1) is 13.9. The molecule has 1 fully saturated rings. The Morgan fingerprint density at radius 1 is 1.47 bits per heavy atom. The highest BCUT2D eigenvalue weighted by atomic mass is 16.5. The zero-order chi connectivity index (χ0) is 13.8. The van der Waals surface area contributed by atoms with Crippen molar-refractivity contribution in [3.05, 3.63) is 29.8 Å². The number of ether oxygens (including phenoxy) is 1. The smallest absolute Gasteiger partial charge is 0.308 e. The summed E-state index contributed by atoms with van der Waals surface area (Å²) in [6.45, 7) is 6.89. The molecule has 4 nitrogen and oxygen atoms in total. The SMILES string of the molecule is Cc1cccc(OCCN2C[C@@H](C)[C@H](C(=O)O)C2)c1. The van der Waals surface area contributed by atoms with Gasteiger partial charge in [-0.2, -0.15) is 0 Å². The summed E-state index contributed by atoms with van der Waals surface area (Å²) in [7, 11) is 0. The fourth-order valence-corrected chi connectivity index (χ4v) is 2.57. The van der Waals surface area contributed by atoms with E-state index in [2.05, 4.69) is 4.90 Å². The van der Waals surface area contributed by atoms with Crippen LogP contribution in [0.3, 0.4) is 0 Å². The molecule has 0 amide bonds. The molecule has 0 spiro atoms. The van der Waals surface area contributed by atoms with E-state index in [-0.39, 0.29) is 11.8 Å². The molecule has 1 aromatic rings. The molecule has 0 saturated carbocycles. The third kappa shape index (κ3) is 3.70. The molecule has 1 aromatic carbocycles. The maximum absolute atomic E-state index is 11.0. The van der Waals surface area contributed by atoms with E-state index in [1.165, 1.54) is 5.56 Å². The number of carbonyl (C=O) groups is 1. The molecule has 1 heterocycles. The maximum atomic E-state index is 11.0. The summed E-state index contributed by atoms with van der Waals surface area (Å²) < 4.78 is 5.69. The van der Waals surface area contributed by atoms with Crippen molar-refractivity contribution in [2.24, 2.45) is 11.8 Å². The first-order valence-corrected chi connectivity index (χ1v) is 6.71. The third-order valence-corrected chi connectivity index (χ3v) is 3.67. The molecule has 2 atom stereocenters. The monoisotopic (exact) mass is 263 g/mol. The molecule has 19 heavy (non-hydrogen) atoms. The number of carboxylic acids is 1. The Labute approximate surface area is 114 Å². The average molecular weight is 263 g/mol. The summed E-state index contributed by atoms with van der Waals surface area (Å²) in [6, 6.07) is 7.96. The number of carboxylic acid groups (broad SMARTS) is 1. The lowest BCUT2D eigenvalue weighted by atomic mass is 9.99. The Kier molecular flexibility index (Phi) is 4.43. The molecular formula is C15H21NO3. The van der Waals surface area contributed by atoms with Crippen molar-refractivity contribution in [2.45, 2.75) is 13.8 Å². The molecule has 1 saturated heterocycles. The lowest BCUT2D eigenvalue weighted by molar-refractivity contribution is -0.142. The minimum atomic E-state index is -0.686. The number of benzene rings is 1. The van der Waals surface area contributed by atoms with Gasteiger partial charge >= 0.3 is 5.97 Å². The second-order valence-electron chi connectivity index (χ2n) is 5.35. The van der Waals surface area contributed by atoms with Crippen LogP contribution in [0.2, 0.25) is 0 Å². The van der Waals surface area contributed by atoms with Crippen molar-refractivity contribution in [1.82, 2.24) is 4.90 Å². The number of hydrogen-bond donors (Lipinski definition) is 1. The highest BCUT2D eigenvalue weighted by molar-refractivity contribution is 5.71. The predicted molar refractivity (Wildman–Crippen MR) is 73.4 cm³/mol. The Morgan fingerprint density at radius 2 is 2.26 bits per heavy atom. The number of rotatable bonds is 5. The van der Waals surface area contributed by atoms with Gasteiger partial charge in [0.1, 0.15) is 12.4 Å². The van der Waals surface area contributed by atoms with Gasteiger partial charge in [0.2, 0.25) is 0 Å². The van der Waals surface area contributed by atoms with Crippen molar-refractivity contribution in [1.29, 1.82) is 0 Å². The molecule has 0 unspecified atom stereocenters. The second kappa shape index (κ2) is 6.06. The zero-order valence-electron chi connectivity index (χ0n) is 11.5. The molecule has 0 bridgehead atoms. The fourth-order valence-electron chi connectivity index (χ4n) is 2.57. The fraction of sp³-hybridized carbons (Fsp3) is 0.533. The van der Waals surface area contributed by atoms with Crippen LogP contribution in [-0.4, -0.2) is 42.2 Å². The first-order valence-electron chi connectivity index (χ1n) is 6.71. The quantitative estimate of drug-likeness (QED) is 0.883. The van der Waals surface area contributed by atoms with Gasteiger partial charge in [-0.25, -0.2) is 0 Å². The summed E-state index contributed by atoms with van der Waals surface area (Å²) in [5.41, 5.74) is 1.18. The van der Waals surface area contributed by atoms with Gasteiger partial charge in [0, 0.05) is 19.6 Å². The molecule has 0 radical (unpaired) electrons. The van der Waals surface area contributed by atoms with Gasteiger partial charge in [-0.3, -0.25) is 9.69 Å².